The lowest BCUT2D eigenvalue weighted by Gasteiger charge is -2.19. The Morgan fingerprint density at radius 3 is 2.81 bits per heavy atom. The average molecular weight is 291 g/mol. The predicted octanol–water partition coefficient (Wildman–Crippen LogP) is 2.87. The highest BCUT2D eigenvalue weighted by Gasteiger charge is 2.20. The Bertz CT molecular complexity index is 467. The molecule has 0 unspecified atom stereocenters. The van der Waals surface area contributed by atoms with Crippen molar-refractivity contribution in [3.05, 3.63) is 29.8 Å². The van der Waals surface area contributed by atoms with Crippen molar-refractivity contribution < 1.29 is 14.3 Å². The topological polar surface area (TPSA) is 47.6 Å². The van der Waals surface area contributed by atoms with E-state index in [1.165, 1.54) is 0 Å². The first-order valence-electron chi connectivity index (χ1n) is 7.73. The fourth-order valence-electron chi connectivity index (χ4n) is 2.47. The molecule has 1 amide bonds. The molecule has 0 aromatic heterocycles. The molecule has 116 valence electrons. The summed E-state index contributed by atoms with van der Waals surface area (Å²) in [5, 5.41) is 2.90. The van der Waals surface area contributed by atoms with Crippen LogP contribution in [0.15, 0.2) is 24.3 Å². The Labute approximate surface area is 126 Å². The summed E-state index contributed by atoms with van der Waals surface area (Å²) in [6, 6.07) is 7.87. The van der Waals surface area contributed by atoms with Crippen LogP contribution in [0.2, 0.25) is 0 Å². The van der Waals surface area contributed by atoms with Crippen LogP contribution in [-0.2, 0) is 9.53 Å². The molecule has 0 spiro atoms. The van der Waals surface area contributed by atoms with Gasteiger partial charge in [0.05, 0.1) is 6.10 Å². The van der Waals surface area contributed by atoms with Crippen LogP contribution >= 0.6 is 0 Å². The number of nitrogens with one attached hydrogen (secondary N) is 1. The second kappa shape index (κ2) is 7.46. The van der Waals surface area contributed by atoms with Crippen LogP contribution in [0, 0.1) is 0 Å². The van der Waals surface area contributed by atoms with Crippen molar-refractivity contribution in [2.75, 3.05) is 13.2 Å². The number of para-hydroxylation sites is 1. The molecule has 1 fully saturated rings. The number of hydrogen-bond acceptors (Lipinski definition) is 3. The summed E-state index contributed by atoms with van der Waals surface area (Å²) in [6.45, 7) is 7.38. The number of carbonyl (C=O) groups excluding carboxylic acids is 1. The fraction of sp³-hybridized carbons (Fsp3) is 0.588. The van der Waals surface area contributed by atoms with Crippen molar-refractivity contribution in [2.45, 2.75) is 51.7 Å². The smallest absolute Gasteiger partial charge is 0.260 e. The molecule has 1 aromatic rings. The van der Waals surface area contributed by atoms with E-state index in [0.29, 0.717) is 12.5 Å². The SMILES string of the molecule is CC(C)c1ccccc1O[C@@H](C)C(=O)NC[C@@H]1CCCO1. The van der Waals surface area contributed by atoms with Gasteiger partial charge < -0.3 is 14.8 Å². The van der Waals surface area contributed by atoms with Gasteiger partial charge in [-0.3, -0.25) is 4.79 Å². The van der Waals surface area contributed by atoms with Gasteiger partial charge in [-0.1, -0.05) is 32.0 Å². The fourth-order valence-corrected chi connectivity index (χ4v) is 2.47. The van der Waals surface area contributed by atoms with E-state index in [4.69, 9.17) is 9.47 Å². The zero-order valence-electron chi connectivity index (χ0n) is 13.1. The second-order valence-electron chi connectivity index (χ2n) is 5.83. The number of amides is 1. The Hall–Kier alpha value is -1.55. The highest BCUT2D eigenvalue weighted by molar-refractivity contribution is 5.80. The Kier molecular flexibility index (Phi) is 5.62. The van der Waals surface area contributed by atoms with Gasteiger partial charge in [-0.15, -0.1) is 0 Å². The standard InChI is InChI=1S/C17H25NO3/c1-12(2)15-8-4-5-9-16(15)21-13(3)17(19)18-11-14-7-6-10-20-14/h4-5,8-9,12-14H,6-7,10-11H2,1-3H3,(H,18,19)/t13-,14-/m0/s1. The van der Waals surface area contributed by atoms with Crippen LogP contribution in [0.1, 0.15) is 45.1 Å². The third-order valence-corrected chi connectivity index (χ3v) is 3.74. The van der Waals surface area contributed by atoms with Crippen molar-refractivity contribution >= 4 is 5.91 Å². The normalized spacial score (nSPS) is 19.5. The van der Waals surface area contributed by atoms with Gasteiger partial charge in [0.15, 0.2) is 6.10 Å². The lowest BCUT2D eigenvalue weighted by Crippen LogP contribution is -2.40. The number of ether oxygens (including phenoxy) is 2. The van der Waals surface area contributed by atoms with Crippen molar-refractivity contribution in [1.82, 2.24) is 5.32 Å². The first kappa shape index (κ1) is 15.8. The largest absolute Gasteiger partial charge is 0.481 e. The minimum atomic E-state index is -0.508. The van der Waals surface area contributed by atoms with E-state index in [1.807, 2.05) is 24.3 Å². The minimum absolute atomic E-state index is 0.0935. The molecule has 0 bridgehead atoms. The van der Waals surface area contributed by atoms with E-state index < -0.39 is 6.10 Å². The van der Waals surface area contributed by atoms with Crippen molar-refractivity contribution in [3.8, 4) is 5.75 Å². The maximum Gasteiger partial charge on any atom is 0.260 e. The Morgan fingerprint density at radius 2 is 2.14 bits per heavy atom. The van der Waals surface area contributed by atoms with Gasteiger partial charge in [0.2, 0.25) is 0 Å². The Balaban J connectivity index is 1.88. The predicted molar refractivity (Wildman–Crippen MR) is 82.6 cm³/mol. The monoisotopic (exact) mass is 291 g/mol. The van der Waals surface area contributed by atoms with Crippen LogP contribution in [0.5, 0.6) is 5.75 Å². The molecule has 4 heteroatoms. The molecule has 1 N–H and O–H groups in total. The maximum atomic E-state index is 12.1. The van der Waals surface area contributed by atoms with Gasteiger partial charge in [-0.25, -0.2) is 0 Å². The van der Waals surface area contributed by atoms with Crippen LogP contribution < -0.4 is 10.1 Å². The lowest BCUT2D eigenvalue weighted by atomic mass is 10.0. The molecule has 1 aliphatic rings. The Morgan fingerprint density at radius 1 is 1.38 bits per heavy atom. The molecule has 1 aromatic carbocycles. The molecule has 21 heavy (non-hydrogen) atoms. The van der Waals surface area contributed by atoms with E-state index in [-0.39, 0.29) is 12.0 Å². The van der Waals surface area contributed by atoms with Crippen LogP contribution in [0.4, 0.5) is 0 Å². The molecule has 2 atom stereocenters. The lowest BCUT2D eigenvalue weighted by molar-refractivity contribution is -0.127. The van der Waals surface area contributed by atoms with Crippen LogP contribution in [0.3, 0.4) is 0 Å². The zero-order valence-corrected chi connectivity index (χ0v) is 13.1. The molecule has 0 saturated carbocycles. The molecular formula is C17H25NO3. The molecule has 0 radical (unpaired) electrons. The summed E-state index contributed by atoms with van der Waals surface area (Å²) >= 11 is 0. The summed E-state index contributed by atoms with van der Waals surface area (Å²) in [4.78, 5) is 12.1. The van der Waals surface area contributed by atoms with Crippen molar-refractivity contribution in [3.63, 3.8) is 0 Å². The van der Waals surface area contributed by atoms with Crippen molar-refractivity contribution in [1.29, 1.82) is 0 Å². The summed E-state index contributed by atoms with van der Waals surface area (Å²) in [6.07, 6.45) is 1.75. The highest BCUT2D eigenvalue weighted by Crippen LogP contribution is 2.26. The molecular weight excluding hydrogens is 266 g/mol. The van der Waals surface area contributed by atoms with Gasteiger partial charge in [0.1, 0.15) is 5.75 Å². The van der Waals surface area contributed by atoms with Gasteiger partial charge >= 0.3 is 0 Å². The number of benzene rings is 1. The van der Waals surface area contributed by atoms with E-state index in [9.17, 15) is 4.79 Å². The van der Waals surface area contributed by atoms with Crippen LogP contribution in [0.25, 0.3) is 0 Å². The summed E-state index contributed by atoms with van der Waals surface area (Å²) in [7, 11) is 0. The third kappa shape index (κ3) is 4.46. The van der Waals surface area contributed by atoms with Gasteiger partial charge in [0, 0.05) is 13.2 Å². The molecule has 0 aliphatic carbocycles. The summed E-state index contributed by atoms with van der Waals surface area (Å²) in [5.41, 5.74) is 1.12. The minimum Gasteiger partial charge on any atom is -0.481 e. The summed E-state index contributed by atoms with van der Waals surface area (Å²) in [5.74, 6) is 1.06. The van der Waals surface area contributed by atoms with E-state index in [0.717, 1.165) is 30.8 Å². The molecule has 4 nitrogen and oxygen atoms in total. The van der Waals surface area contributed by atoms with E-state index in [2.05, 4.69) is 19.2 Å². The highest BCUT2D eigenvalue weighted by atomic mass is 16.5. The van der Waals surface area contributed by atoms with Crippen molar-refractivity contribution in [2.24, 2.45) is 0 Å². The molecule has 1 aliphatic heterocycles. The zero-order chi connectivity index (χ0) is 15.2. The number of carbonyl (C=O) groups is 1. The number of hydrogen-bond donors (Lipinski definition) is 1. The molecule has 2 rings (SSSR count). The van der Waals surface area contributed by atoms with Gasteiger partial charge in [-0.2, -0.15) is 0 Å². The number of rotatable bonds is 6. The first-order valence-corrected chi connectivity index (χ1v) is 7.73. The summed E-state index contributed by atoms with van der Waals surface area (Å²) < 4.78 is 11.3. The average Bonchev–Trinajstić information content (AvgIpc) is 2.98. The second-order valence-corrected chi connectivity index (χ2v) is 5.83. The molecule has 1 heterocycles. The van der Waals surface area contributed by atoms with E-state index in [1.54, 1.807) is 6.92 Å². The molecule has 1 saturated heterocycles. The first-order chi connectivity index (χ1) is 10.1. The van der Waals surface area contributed by atoms with Gasteiger partial charge in [-0.05, 0) is 37.3 Å². The maximum absolute atomic E-state index is 12.1. The van der Waals surface area contributed by atoms with E-state index >= 15 is 0 Å². The quantitative estimate of drug-likeness (QED) is 0.876. The van der Waals surface area contributed by atoms with Crippen LogP contribution in [-0.4, -0.2) is 31.3 Å². The third-order valence-electron chi connectivity index (χ3n) is 3.74. The van der Waals surface area contributed by atoms with Gasteiger partial charge in [0.25, 0.3) is 5.91 Å².